The van der Waals surface area contributed by atoms with Crippen LogP contribution in [0.15, 0.2) is 55.0 Å². The maximum Gasteiger partial charge on any atom is 0.223 e. The van der Waals surface area contributed by atoms with Gasteiger partial charge in [0, 0.05) is 30.6 Å². The fourth-order valence-electron chi connectivity index (χ4n) is 2.08. The lowest BCUT2D eigenvalue weighted by Gasteiger charge is -2.07. The van der Waals surface area contributed by atoms with E-state index >= 15 is 0 Å². The summed E-state index contributed by atoms with van der Waals surface area (Å²) in [7, 11) is 0. The van der Waals surface area contributed by atoms with Crippen LogP contribution >= 0.6 is 0 Å². The van der Waals surface area contributed by atoms with Crippen LogP contribution in [-0.2, 0) is 0 Å². The predicted octanol–water partition coefficient (Wildman–Crippen LogP) is 2.38. The summed E-state index contributed by atoms with van der Waals surface area (Å²) in [6.07, 6.45) is 4.74. The molecule has 0 atom stereocenters. The van der Waals surface area contributed by atoms with Crippen LogP contribution in [-0.4, -0.2) is 35.4 Å². The number of ether oxygens (including phenoxy) is 1. The second-order valence-corrected chi connectivity index (χ2v) is 4.81. The van der Waals surface area contributed by atoms with E-state index in [1.54, 1.807) is 36.7 Å². The van der Waals surface area contributed by atoms with Crippen molar-refractivity contribution >= 4 is 0 Å². The summed E-state index contributed by atoms with van der Waals surface area (Å²) in [5.41, 5.74) is 0.997. The zero-order valence-corrected chi connectivity index (χ0v) is 12.2. The summed E-state index contributed by atoms with van der Waals surface area (Å²) in [5.74, 6) is 0.676. The molecule has 0 aliphatic rings. The number of nitrogens with zero attached hydrogens (tertiary/aromatic N) is 6. The third-order valence-electron chi connectivity index (χ3n) is 3.11. The molecule has 0 radical (unpaired) electrons. The van der Waals surface area contributed by atoms with E-state index in [0.29, 0.717) is 28.7 Å². The van der Waals surface area contributed by atoms with E-state index in [1.807, 2.05) is 0 Å². The van der Waals surface area contributed by atoms with Gasteiger partial charge in [0.25, 0.3) is 0 Å². The molecule has 8 nitrogen and oxygen atoms in total. The minimum atomic E-state index is -0.480. The average Bonchev–Trinajstić information content (AvgIpc) is 3.27. The van der Waals surface area contributed by atoms with Gasteiger partial charge in [-0.1, -0.05) is 0 Å². The molecule has 0 bridgehead atoms. The van der Waals surface area contributed by atoms with Crippen LogP contribution in [0.25, 0.3) is 17.2 Å². The molecule has 0 aliphatic heterocycles. The van der Waals surface area contributed by atoms with Crippen molar-refractivity contribution in [1.82, 2.24) is 35.4 Å². The van der Waals surface area contributed by atoms with Crippen molar-refractivity contribution in [2.24, 2.45) is 0 Å². The standard InChI is InChI=1S/C15H10FN7O/c16-10-6-11(8-13(7-10)24-12-2-1-4-17-9-12)23-21-15(20-22-23)14-3-5-18-19-14/h1-9H,(H,18,19). The number of rotatable bonds is 4. The minimum Gasteiger partial charge on any atom is -0.456 e. The molecule has 1 N–H and O–H groups in total. The lowest BCUT2D eigenvalue weighted by molar-refractivity contribution is 0.473. The van der Waals surface area contributed by atoms with Crippen molar-refractivity contribution in [2.75, 3.05) is 0 Å². The number of aromatic amines is 1. The molecular weight excluding hydrogens is 313 g/mol. The topological polar surface area (TPSA) is 94.4 Å². The summed E-state index contributed by atoms with van der Waals surface area (Å²) in [4.78, 5) is 5.17. The number of hydrogen-bond donors (Lipinski definition) is 1. The number of pyridine rings is 1. The van der Waals surface area contributed by atoms with Crippen LogP contribution in [0.1, 0.15) is 0 Å². The summed E-state index contributed by atoms with van der Waals surface area (Å²) in [5, 5.41) is 18.6. The molecule has 4 aromatic rings. The van der Waals surface area contributed by atoms with E-state index in [0.717, 1.165) is 0 Å². The Morgan fingerprint density at radius 2 is 2.04 bits per heavy atom. The minimum absolute atomic E-state index is 0.304. The second-order valence-electron chi connectivity index (χ2n) is 4.81. The highest BCUT2D eigenvalue weighted by Gasteiger charge is 2.11. The van der Waals surface area contributed by atoms with Crippen LogP contribution in [0.5, 0.6) is 11.5 Å². The zero-order valence-electron chi connectivity index (χ0n) is 12.2. The molecule has 0 saturated carbocycles. The molecule has 3 aromatic heterocycles. The first kappa shape index (κ1) is 14.0. The first-order chi connectivity index (χ1) is 11.8. The Bertz CT molecular complexity index is 953. The van der Waals surface area contributed by atoms with Crippen LogP contribution in [0.2, 0.25) is 0 Å². The Morgan fingerprint density at radius 1 is 1.08 bits per heavy atom. The first-order valence-electron chi connectivity index (χ1n) is 6.96. The van der Waals surface area contributed by atoms with Crippen molar-refractivity contribution in [3.05, 3.63) is 60.8 Å². The first-order valence-corrected chi connectivity index (χ1v) is 6.96. The van der Waals surface area contributed by atoms with Gasteiger partial charge in [-0.15, -0.1) is 15.0 Å². The highest BCUT2D eigenvalue weighted by atomic mass is 19.1. The highest BCUT2D eigenvalue weighted by Crippen LogP contribution is 2.24. The molecule has 0 unspecified atom stereocenters. The Labute approximate surface area is 134 Å². The van der Waals surface area contributed by atoms with Gasteiger partial charge in [-0.2, -0.15) is 5.10 Å². The molecule has 0 aliphatic carbocycles. The maximum absolute atomic E-state index is 13.9. The maximum atomic E-state index is 13.9. The fraction of sp³-hybridized carbons (Fsp3) is 0. The molecule has 0 spiro atoms. The predicted molar refractivity (Wildman–Crippen MR) is 81.0 cm³/mol. The van der Waals surface area contributed by atoms with Crippen molar-refractivity contribution in [3.63, 3.8) is 0 Å². The molecule has 1 aromatic carbocycles. The van der Waals surface area contributed by atoms with Gasteiger partial charge < -0.3 is 4.74 Å². The lowest BCUT2D eigenvalue weighted by atomic mass is 10.3. The summed E-state index contributed by atoms with van der Waals surface area (Å²) in [6.45, 7) is 0. The molecule has 0 fully saturated rings. The molecule has 3 heterocycles. The van der Waals surface area contributed by atoms with Gasteiger partial charge in [-0.05, 0) is 23.4 Å². The van der Waals surface area contributed by atoms with Crippen LogP contribution in [0, 0.1) is 5.82 Å². The smallest absolute Gasteiger partial charge is 0.223 e. The molecular formula is C15H10FN7O. The van der Waals surface area contributed by atoms with Crippen molar-refractivity contribution in [1.29, 1.82) is 0 Å². The SMILES string of the molecule is Fc1cc(Oc2cccnc2)cc(-n2nnc(-c3ccn[nH]3)n2)c1. The third kappa shape index (κ3) is 2.82. The number of H-pyrrole nitrogens is 1. The molecule has 0 amide bonds. The number of halogens is 1. The third-order valence-corrected chi connectivity index (χ3v) is 3.11. The van der Waals surface area contributed by atoms with Crippen LogP contribution in [0.4, 0.5) is 4.39 Å². The second kappa shape index (κ2) is 5.88. The van der Waals surface area contributed by atoms with E-state index < -0.39 is 5.82 Å². The van der Waals surface area contributed by atoms with E-state index in [2.05, 4.69) is 30.6 Å². The zero-order chi connectivity index (χ0) is 16.4. The Hall–Kier alpha value is -3.62. The lowest BCUT2D eigenvalue weighted by Crippen LogP contribution is -2.00. The van der Waals surface area contributed by atoms with Crippen molar-refractivity contribution in [3.8, 4) is 28.7 Å². The Kier molecular flexibility index (Phi) is 3.43. The van der Waals surface area contributed by atoms with Crippen molar-refractivity contribution in [2.45, 2.75) is 0 Å². The molecule has 9 heteroatoms. The monoisotopic (exact) mass is 323 g/mol. The van der Waals surface area contributed by atoms with Crippen molar-refractivity contribution < 1.29 is 9.13 Å². The van der Waals surface area contributed by atoms with Crippen LogP contribution in [0.3, 0.4) is 0 Å². The quantitative estimate of drug-likeness (QED) is 0.619. The Morgan fingerprint density at radius 3 is 2.83 bits per heavy atom. The van der Waals surface area contributed by atoms with Gasteiger partial charge in [0.05, 0.1) is 11.9 Å². The van der Waals surface area contributed by atoms with Gasteiger partial charge in [0.2, 0.25) is 5.82 Å². The fourth-order valence-corrected chi connectivity index (χ4v) is 2.08. The van der Waals surface area contributed by atoms with E-state index in [4.69, 9.17) is 4.74 Å². The molecule has 0 saturated heterocycles. The molecule has 24 heavy (non-hydrogen) atoms. The summed E-state index contributed by atoms with van der Waals surface area (Å²) < 4.78 is 19.5. The number of aromatic nitrogens is 7. The molecule has 118 valence electrons. The number of hydrogen-bond acceptors (Lipinski definition) is 6. The summed E-state index contributed by atoms with van der Waals surface area (Å²) in [6, 6.07) is 9.32. The molecule has 4 rings (SSSR count). The number of benzene rings is 1. The van der Waals surface area contributed by atoms with E-state index in [9.17, 15) is 4.39 Å². The number of tetrazole rings is 1. The van der Waals surface area contributed by atoms with Gasteiger partial charge in [0.1, 0.15) is 23.0 Å². The average molecular weight is 323 g/mol. The number of nitrogens with one attached hydrogen (secondary N) is 1. The van der Waals surface area contributed by atoms with Gasteiger partial charge in [-0.3, -0.25) is 10.1 Å². The largest absolute Gasteiger partial charge is 0.456 e. The summed E-state index contributed by atoms with van der Waals surface area (Å²) >= 11 is 0. The van der Waals surface area contributed by atoms with E-state index in [1.165, 1.54) is 23.1 Å². The van der Waals surface area contributed by atoms with E-state index in [-0.39, 0.29) is 0 Å². The highest BCUT2D eigenvalue weighted by molar-refractivity contribution is 5.47. The van der Waals surface area contributed by atoms with Gasteiger partial charge in [-0.25, -0.2) is 4.39 Å². The van der Waals surface area contributed by atoms with Gasteiger partial charge >= 0.3 is 0 Å². The van der Waals surface area contributed by atoms with Gasteiger partial charge in [0.15, 0.2) is 0 Å². The normalized spacial score (nSPS) is 10.7. The van der Waals surface area contributed by atoms with Crippen LogP contribution < -0.4 is 4.74 Å². The Balaban J connectivity index is 1.66.